The molecule has 3 N–H and O–H groups in total. The summed E-state index contributed by atoms with van der Waals surface area (Å²) in [4.78, 5) is 19.6. The fraction of sp³-hybridized carbons (Fsp3) is 0. The number of hydrogen-bond acceptors (Lipinski definition) is 6. The van der Waals surface area contributed by atoms with Gasteiger partial charge >= 0.3 is 5.97 Å². The van der Waals surface area contributed by atoms with Crippen LogP contribution in [0.1, 0.15) is 10.4 Å². The molecule has 4 rings (SSSR count). The van der Waals surface area contributed by atoms with Gasteiger partial charge in [0.1, 0.15) is 0 Å². The van der Waals surface area contributed by atoms with Gasteiger partial charge in [0.2, 0.25) is 5.82 Å². The van der Waals surface area contributed by atoms with Gasteiger partial charge in [-0.15, -0.1) is 5.10 Å². The van der Waals surface area contributed by atoms with Crippen LogP contribution >= 0.6 is 0 Å². The molecule has 0 radical (unpaired) electrons. The summed E-state index contributed by atoms with van der Waals surface area (Å²) >= 11 is 0. The molecule has 0 fully saturated rings. The molecule has 118 valence electrons. The number of carbonyl (C=O) groups is 1. The lowest BCUT2D eigenvalue weighted by molar-refractivity contribution is 0.0697. The minimum absolute atomic E-state index is 0.202. The summed E-state index contributed by atoms with van der Waals surface area (Å²) in [6, 6.07) is 9.86. The summed E-state index contributed by atoms with van der Waals surface area (Å²) in [7, 11) is 0. The van der Waals surface area contributed by atoms with Crippen molar-refractivity contribution in [2.24, 2.45) is 0 Å². The highest BCUT2D eigenvalue weighted by atomic mass is 16.4. The number of nitrogens with two attached hydrogens (primary N) is 1. The van der Waals surface area contributed by atoms with Crippen molar-refractivity contribution in [3.05, 3.63) is 54.4 Å². The smallest absolute Gasteiger partial charge is 0.335 e. The second kappa shape index (κ2) is 5.20. The van der Waals surface area contributed by atoms with Crippen LogP contribution in [0.3, 0.4) is 0 Å². The van der Waals surface area contributed by atoms with E-state index in [1.165, 1.54) is 22.9 Å². The van der Waals surface area contributed by atoms with E-state index in [4.69, 9.17) is 15.3 Å². The number of hydrogen-bond donors (Lipinski definition) is 2. The average Bonchev–Trinajstić information content (AvgIpc) is 3.24. The number of aromatic carboxylic acids is 1. The number of nitrogens with zero attached hydrogens (tertiary/aromatic N) is 4. The Bertz CT molecular complexity index is 1040. The fourth-order valence-electron chi connectivity index (χ4n) is 2.35. The van der Waals surface area contributed by atoms with Gasteiger partial charge in [-0.2, -0.15) is 0 Å². The first-order valence-electron chi connectivity index (χ1n) is 7.02. The van der Waals surface area contributed by atoms with Gasteiger partial charge in [-0.3, -0.25) is 0 Å². The van der Waals surface area contributed by atoms with Crippen LogP contribution in [0, 0.1) is 0 Å². The summed E-state index contributed by atoms with van der Waals surface area (Å²) in [5, 5.41) is 13.3. The number of carboxylic acid groups (broad SMARTS) is 1. The molecule has 0 spiro atoms. The third kappa shape index (κ3) is 2.26. The van der Waals surface area contributed by atoms with E-state index < -0.39 is 5.97 Å². The third-order valence-electron chi connectivity index (χ3n) is 3.52. The maximum Gasteiger partial charge on any atom is 0.335 e. The molecule has 0 saturated carbocycles. The number of benzene rings is 1. The fourth-order valence-corrected chi connectivity index (χ4v) is 2.35. The molecule has 0 bridgehead atoms. The van der Waals surface area contributed by atoms with E-state index in [1.54, 1.807) is 30.5 Å². The average molecular weight is 321 g/mol. The lowest BCUT2D eigenvalue weighted by atomic mass is 10.1. The molecule has 8 nitrogen and oxygen atoms in total. The molecule has 1 aromatic carbocycles. The van der Waals surface area contributed by atoms with Crippen LogP contribution in [-0.4, -0.2) is 30.7 Å². The number of rotatable bonds is 3. The molecule has 4 aromatic rings. The molecule has 3 heterocycles. The summed E-state index contributed by atoms with van der Waals surface area (Å²) in [6.07, 6.45) is 3.22. The zero-order chi connectivity index (χ0) is 16.7. The number of fused-ring (bicyclic) bond motifs is 1. The highest BCUT2D eigenvalue weighted by Crippen LogP contribution is 2.23. The minimum Gasteiger partial charge on any atom is -0.478 e. The number of aromatic nitrogens is 4. The second-order valence-electron chi connectivity index (χ2n) is 5.07. The van der Waals surface area contributed by atoms with Crippen molar-refractivity contribution in [1.82, 2.24) is 19.6 Å². The summed E-state index contributed by atoms with van der Waals surface area (Å²) in [5.74, 6) is 0.182. The first-order valence-corrected chi connectivity index (χ1v) is 7.02. The van der Waals surface area contributed by atoms with Crippen LogP contribution in [0.4, 0.5) is 5.82 Å². The predicted octanol–water partition coefficient (Wildman–Crippen LogP) is 2.33. The van der Waals surface area contributed by atoms with Crippen LogP contribution in [0.2, 0.25) is 0 Å². The number of carboxylic acids is 1. The molecular weight excluding hydrogens is 310 g/mol. The van der Waals surface area contributed by atoms with E-state index >= 15 is 0 Å². The zero-order valence-electron chi connectivity index (χ0n) is 12.2. The number of anilines is 1. The van der Waals surface area contributed by atoms with Gasteiger partial charge in [0, 0.05) is 5.56 Å². The topological polar surface area (TPSA) is 120 Å². The molecule has 0 amide bonds. The second-order valence-corrected chi connectivity index (χ2v) is 5.07. The monoisotopic (exact) mass is 321 g/mol. The molecule has 3 aromatic heterocycles. The van der Waals surface area contributed by atoms with Crippen molar-refractivity contribution >= 4 is 17.4 Å². The Balaban J connectivity index is 1.81. The Labute approximate surface area is 135 Å². The summed E-state index contributed by atoms with van der Waals surface area (Å²) in [5.41, 5.74) is 7.89. The van der Waals surface area contributed by atoms with Gasteiger partial charge in [0.25, 0.3) is 0 Å². The van der Waals surface area contributed by atoms with Gasteiger partial charge in [0.15, 0.2) is 17.2 Å². The van der Waals surface area contributed by atoms with Gasteiger partial charge in [-0.1, -0.05) is 12.1 Å². The van der Waals surface area contributed by atoms with Crippen molar-refractivity contribution in [1.29, 1.82) is 0 Å². The maximum atomic E-state index is 10.9. The first kappa shape index (κ1) is 13.9. The minimum atomic E-state index is -0.983. The van der Waals surface area contributed by atoms with Crippen molar-refractivity contribution < 1.29 is 14.3 Å². The Morgan fingerprint density at radius 2 is 1.96 bits per heavy atom. The van der Waals surface area contributed by atoms with E-state index in [9.17, 15) is 4.79 Å². The highest BCUT2D eigenvalue weighted by Gasteiger charge is 2.14. The van der Waals surface area contributed by atoms with Crippen molar-refractivity contribution in [2.45, 2.75) is 0 Å². The van der Waals surface area contributed by atoms with Crippen molar-refractivity contribution in [3.8, 4) is 22.8 Å². The number of furan rings is 1. The highest BCUT2D eigenvalue weighted by molar-refractivity contribution is 5.88. The lowest BCUT2D eigenvalue weighted by Gasteiger charge is -2.04. The standard InChI is InChI=1S/C16H11N5O3/c17-13-15-19-14(12-2-1-7-24-12)20-21(15)8-11(18-13)9-3-5-10(6-4-9)16(22)23/h1-8H,(H2,17,18)(H,22,23). The summed E-state index contributed by atoms with van der Waals surface area (Å²) < 4.78 is 6.81. The van der Waals surface area contributed by atoms with E-state index in [0.29, 0.717) is 22.9 Å². The van der Waals surface area contributed by atoms with Crippen LogP contribution in [-0.2, 0) is 0 Å². The van der Waals surface area contributed by atoms with Gasteiger partial charge in [0.05, 0.1) is 23.7 Å². The largest absolute Gasteiger partial charge is 0.478 e. The molecule has 0 aliphatic heterocycles. The zero-order valence-corrected chi connectivity index (χ0v) is 12.2. The van der Waals surface area contributed by atoms with Gasteiger partial charge in [-0.25, -0.2) is 19.3 Å². The van der Waals surface area contributed by atoms with Crippen LogP contribution in [0.5, 0.6) is 0 Å². The molecule has 0 aliphatic carbocycles. The SMILES string of the molecule is Nc1nc(-c2ccc(C(=O)O)cc2)cn2nc(-c3ccco3)nc12. The Kier molecular flexibility index (Phi) is 3.02. The predicted molar refractivity (Wildman–Crippen MR) is 85.3 cm³/mol. The van der Waals surface area contributed by atoms with E-state index in [2.05, 4.69) is 15.1 Å². The lowest BCUT2D eigenvalue weighted by Crippen LogP contribution is -2.00. The molecule has 24 heavy (non-hydrogen) atoms. The van der Waals surface area contributed by atoms with Crippen molar-refractivity contribution in [3.63, 3.8) is 0 Å². The summed E-state index contributed by atoms with van der Waals surface area (Å²) in [6.45, 7) is 0. The molecule has 8 heteroatoms. The first-order chi connectivity index (χ1) is 11.6. The van der Waals surface area contributed by atoms with E-state index in [0.717, 1.165) is 5.56 Å². The third-order valence-corrected chi connectivity index (χ3v) is 3.52. The van der Waals surface area contributed by atoms with Crippen LogP contribution < -0.4 is 5.73 Å². The Hall–Kier alpha value is -3.68. The molecule has 0 atom stereocenters. The Morgan fingerprint density at radius 1 is 1.17 bits per heavy atom. The molecule has 0 saturated heterocycles. The van der Waals surface area contributed by atoms with E-state index in [1.807, 2.05) is 0 Å². The normalized spacial score (nSPS) is 11.0. The van der Waals surface area contributed by atoms with Crippen LogP contribution in [0.25, 0.3) is 28.5 Å². The van der Waals surface area contributed by atoms with E-state index in [-0.39, 0.29) is 11.4 Å². The number of nitrogen functional groups attached to an aromatic ring is 1. The molecule has 0 aliphatic rings. The van der Waals surface area contributed by atoms with Crippen LogP contribution in [0.15, 0.2) is 53.3 Å². The molecular formula is C16H11N5O3. The van der Waals surface area contributed by atoms with Crippen molar-refractivity contribution in [2.75, 3.05) is 5.73 Å². The van der Waals surface area contributed by atoms with Gasteiger partial charge < -0.3 is 15.3 Å². The quantitative estimate of drug-likeness (QED) is 0.594. The Morgan fingerprint density at radius 3 is 2.62 bits per heavy atom. The molecule has 0 unspecified atom stereocenters. The van der Waals surface area contributed by atoms with Gasteiger partial charge in [-0.05, 0) is 24.3 Å². The maximum absolute atomic E-state index is 10.9.